The van der Waals surface area contributed by atoms with Gasteiger partial charge in [-0.3, -0.25) is 0 Å². The fourth-order valence-electron chi connectivity index (χ4n) is 3.37. The lowest BCUT2D eigenvalue weighted by atomic mass is 9.88. The molecule has 1 aliphatic rings. The highest BCUT2D eigenvalue weighted by atomic mass is 32.2. The van der Waals surface area contributed by atoms with E-state index >= 15 is 0 Å². The van der Waals surface area contributed by atoms with Crippen LogP contribution < -0.4 is 0 Å². The molecule has 22 heavy (non-hydrogen) atoms. The molecule has 0 aromatic heterocycles. The molecule has 0 spiro atoms. The van der Waals surface area contributed by atoms with Gasteiger partial charge in [0.15, 0.2) is 0 Å². The van der Waals surface area contributed by atoms with Gasteiger partial charge in [0.25, 0.3) is 0 Å². The number of fused-ring (bicyclic) bond motifs is 1. The Morgan fingerprint density at radius 2 is 1.95 bits per heavy atom. The number of hydrogen-bond acceptors (Lipinski definition) is 3. The van der Waals surface area contributed by atoms with Crippen LogP contribution >= 0.6 is 11.8 Å². The SMILES string of the molecule is CN(C)C[C@H](c1ccc2ccccc2c1)[C@H](O)C1CCCS1. The lowest BCUT2D eigenvalue weighted by molar-refractivity contribution is 0.124. The van der Waals surface area contributed by atoms with E-state index in [1.807, 2.05) is 11.8 Å². The summed E-state index contributed by atoms with van der Waals surface area (Å²) in [4.78, 5) is 2.18. The molecule has 3 atom stereocenters. The van der Waals surface area contributed by atoms with E-state index in [0.29, 0.717) is 5.25 Å². The van der Waals surface area contributed by atoms with Gasteiger partial charge in [-0.2, -0.15) is 11.8 Å². The second kappa shape index (κ2) is 7.03. The lowest BCUT2D eigenvalue weighted by Crippen LogP contribution is -2.35. The van der Waals surface area contributed by atoms with E-state index in [4.69, 9.17) is 0 Å². The largest absolute Gasteiger partial charge is 0.391 e. The first-order valence-corrected chi connectivity index (χ1v) is 9.13. The van der Waals surface area contributed by atoms with E-state index in [2.05, 4.69) is 61.5 Å². The Labute approximate surface area is 137 Å². The summed E-state index contributed by atoms with van der Waals surface area (Å²) >= 11 is 1.94. The zero-order chi connectivity index (χ0) is 15.5. The van der Waals surface area contributed by atoms with Gasteiger partial charge >= 0.3 is 0 Å². The fraction of sp³-hybridized carbons (Fsp3) is 0.474. The first-order valence-electron chi connectivity index (χ1n) is 8.08. The van der Waals surface area contributed by atoms with Crippen LogP contribution in [0, 0.1) is 0 Å². The molecule has 0 amide bonds. The Morgan fingerprint density at radius 3 is 2.64 bits per heavy atom. The summed E-state index contributed by atoms with van der Waals surface area (Å²) in [6, 6.07) is 15.1. The Morgan fingerprint density at radius 1 is 1.18 bits per heavy atom. The highest BCUT2D eigenvalue weighted by Crippen LogP contribution is 2.36. The van der Waals surface area contributed by atoms with Crippen molar-refractivity contribution in [1.82, 2.24) is 4.90 Å². The van der Waals surface area contributed by atoms with Gasteiger partial charge in [0.2, 0.25) is 0 Å². The molecule has 3 heteroatoms. The van der Waals surface area contributed by atoms with Crippen molar-refractivity contribution in [2.24, 2.45) is 0 Å². The van der Waals surface area contributed by atoms with Gasteiger partial charge in [0, 0.05) is 17.7 Å². The molecule has 0 aliphatic carbocycles. The van der Waals surface area contributed by atoms with Crippen molar-refractivity contribution in [2.75, 3.05) is 26.4 Å². The molecule has 2 nitrogen and oxygen atoms in total. The molecule has 2 aromatic rings. The zero-order valence-electron chi connectivity index (χ0n) is 13.4. The molecule has 118 valence electrons. The average Bonchev–Trinajstić information content (AvgIpc) is 3.06. The summed E-state index contributed by atoms with van der Waals surface area (Å²) in [5, 5.41) is 13.8. The first-order chi connectivity index (χ1) is 10.6. The predicted octanol–water partition coefficient (Wildman–Crippen LogP) is 3.74. The highest BCUT2D eigenvalue weighted by molar-refractivity contribution is 8.00. The minimum absolute atomic E-state index is 0.176. The molecule has 1 fully saturated rings. The Balaban J connectivity index is 1.92. The topological polar surface area (TPSA) is 23.5 Å². The van der Waals surface area contributed by atoms with Gasteiger partial charge in [-0.1, -0.05) is 42.5 Å². The molecule has 1 aliphatic heterocycles. The molecule has 0 radical (unpaired) electrons. The van der Waals surface area contributed by atoms with E-state index in [0.717, 1.165) is 13.0 Å². The Hall–Kier alpha value is -1.03. The van der Waals surface area contributed by atoms with Crippen LogP contribution in [0.2, 0.25) is 0 Å². The third kappa shape index (κ3) is 3.48. The summed E-state index contributed by atoms with van der Waals surface area (Å²) in [6.45, 7) is 0.885. The number of aliphatic hydroxyl groups excluding tert-OH is 1. The minimum atomic E-state index is -0.268. The zero-order valence-corrected chi connectivity index (χ0v) is 14.2. The van der Waals surface area contributed by atoms with Gasteiger partial charge in [-0.05, 0) is 49.0 Å². The molecule has 3 rings (SSSR count). The number of aliphatic hydroxyl groups is 1. The molecule has 1 unspecified atom stereocenters. The monoisotopic (exact) mass is 315 g/mol. The van der Waals surface area contributed by atoms with Gasteiger partial charge in [0.1, 0.15) is 0 Å². The van der Waals surface area contributed by atoms with Crippen LogP contribution in [-0.4, -0.2) is 47.8 Å². The van der Waals surface area contributed by atoms with E-state index in [9.17, 15) is 5.11 Å². The predicted molar refractivity (Wildman–Crippen MR) is 96.7 cm³/mol. The smallest absolute Gasteiger partial charge is 0.0739 e. The van der Waals surface area contributed by atoms with Gasteiger partial charge in [-0.25, -0.2) is 0 Å². The second-order valence-corrected chi connectivity index (χ2v) is 7.86. The molecule has 1 saturated heterocycles. The summed E-state index contributed by atoms with van der Waals surface area (Å²) in [6.07, 6.45) is 2.11. The quantitative estimate of drug-likeness (QED) is 0.909. The number of hydrogen-bond donors (Lipinski definition) is 1. The van der Waals surface area contributed by atoms with Crippen LogP contribution in [0.25, 0.3) is 10.8 Å². The third-order valence-corrected chi connectivity index (χ3v) is 5.99. The number of benzene rings is 2. The minimum Gasteiger partial charge on any atom is -0.391 e. The molecule has 1 N–H and O–H groups in total. The summed E-state index contributed by atoms with van der Waals surface area (Å²) in [5.41, 5.74) is 1.26. The summed E-state index contributed by atoms with van der Waals surface area (Å²) in [5.74, 6) is 1.36. The fourth-order valence-corrected chi connectivity index (χ4v) is 4.73. The van der Waals surface area contributed by atoms with Crippen molar-refractivity contribution < 1.29 is 5.11 Å². The van der Waals surface area contributed by atoms with E-state index < -0.39 is 0 Å². The van der Waals surface area contributed by atoms with Crippen molar-refractivity contribution in [3.8, 4) is 0 Å². The third-order valence-electron chi connectivity index (χ3n) is 4.52. The van der Waals surface area contributed by atoms with Crippen molar-refractivity contribution in [1.29, 1.82) is 0 Å². The van der Waals surface area contributed by atoms with E-state index in [-0.39, 0.29) is 12.0 Å². The molecular formula is C19H25NOS. The maximum Gasteiger partial charge on any atom is 0.0739 e. The van der Waals surface area contributed by atoms with Crippen LogP contribution in [0.3, 0.4) is 0 Å². The van der Waals surface area contributed by atoms with E-state index in [1.54, 1.807) is 0 Å². The maximum absolute atomic E-state index is 10.9. The van der Waals surface area contributed by atoms with Crippen LogP contribution in [0.15, 0.2) is 42.5 Å². The Bertz CT molecular complexity index is 622. The van der Waals surface area contributed by atoms with Crippen LogP contribution in [0.4, 0.5) is 0 Å². The van der Waals surface area contributed by atoms with Crippen LogP contribution in [-0.2, 0) is 0 Å². The molecule has 0 saturated carbocycles. The normalized spacial score (nSPS) is 21.4. The van der Waals surface area contributed by atoms with Crippen molar-refractivity contribution in [3.05, 3.63) is 48.0 Å². The molecule has 1 heterocycles. The van der Waals surface area contributed by atoms with Gasteiger partial charge < -0.3 is 10.0 Å². The van der Waals surface area contributed by atoms with Crippen LogP contribution in [0.5, 0.6) is 0 Å². The number of thioether (sulfide) groups is 1. The molecular weight excluding hydrogens is 290 g/mol. The van der Waals surface area contributed by atoms with Crippen molar-refractivity contribution in [3.63, 3.8) is 0 Å². The number of rotatable bonds is 5. The standard InChI is InChI=1S/C19H25NOS/c1-20(2)13-17(19(21)18-8-5-11-22-18)16-10-9-14-6-3-4-7-15(14)12-16/h3-4,6-7,9-10,12,17-19,21H,5,8,11,13H2,1-2H3/t17-,18?,19+/m1/s1. The average molecular weight is 315 g/mol. The summed E-state index contributed by atoms with van der Waals surface area (Å²) in [7, 11) is 4.17. The van der Waals surface area contributed by atoms with Gasteiger partial charge in [0.05, 0.1) is 6.10 Å². The number of nitrogens with zero attached hydrogens (tertiary/aromatic N) is 1. The van der Waals surface area contributed by atoms with Crippen LogP contribution in [0.1, 0.15) is 24.3 Å². The lowest BCUT2D eigenvalue weighted by Gasteiger charge is -2.30. The maximum atomic E-state index is 10.9. The highest BCUT2D eigenvalue weighted by Gasteiger charge is 2.31. The Kier molecular flexibility index (Phi) is 5.07. The van der Waals surface area contributed by atoms with E-state index in [1.165, 1.54) is 28.5 Å². The first kappa shape index (κ1) is 15.9. The summed E-state index contributed by atoms with van der Waals surface area (Å²) < 4.78 is 0. The second-order valence-electron chi connectivity index (χ2n) is 6.52. The van der Waals surface area contributed by atoms with Gasteiger partial charge in [-0.15, -0.1) is 0 Å². The van der Waals surface area contributed by atoms with Crippen molar-refractivity contribution >= 4 is 22.5 Å². The number of likely N-dealkylation sites (N-methyl/N-ethyl adjacent to an activating group) is 1. The molecule has 0 bridgehead atoms. The van der Waals surface area contributed by atoms with Crippen molar-refractivity contribution in [2.45, 2.75) is 30.1 Å². The molecule has 2 aromatic carbocycles.